The molecule has 0 aliphatic rings. The second kappa shape index (κ2) is 6.43. The van der Waals surface area contributed by atoms with Crippen molar-refractivity contribution >= 4 is 29.1 Å². The SMILES string of the molecule is CCC(=O)Nc1ccc([N+](=O)[O-])c(NC(=O)CC)n1. The molecule has 8 heteroatoms. The van der Waals surface area contributed by atoms with Crippen LogP contribution < -0.4 is 10.6 Å². The average molecular weight is 266 g/mol. The van der Waals surface area contributed by atoms with Crippen LogP contribution in [-0.2, 0) is 9.59 Å². The van der Waals surface area contributed by atoms with Crippen molar-refractivity contribution in [1.29, 1.82) is 0 Å². The highest BCUT2D eigenvalue weighted by Crippen LogP contribution is 2.24. The number of nitrogens with one attached hydrogen (secondary N) is 2. The van der Waals surface area contributed by atoms with Crippen molar-refractivity contribution < 1.29 is 14.5 Å². The summed E-state index contributed by atoms with van der Waals surface area (Å²) in [6.07, 6.45) is 0.430. The summed E-state index contributed by atoms with van der Waals surface area (Å²) in [6, 6.07) is 2.50. The molecule has 2 amide bonds. The van der Waals surface area contributed by atoms with Crippen LogP contribution in [-0.4, -0.2) is 21.7 Å². The lowest BCUT2D eigenvalue weighted by atomic mass is 10.3. The molecule has 0 saturated carbocycles. The lowest BCUT2D eigenvalue weighted by molar-refractivity contribution is -0.384. The summed E-state index contributed by atoms with van der Waals surface area (Å²) < 4.78 is 0. The Morgan fingerprint density at radius 3 is 2.32 bits per heavy atom. The minimum atomic E-state index is -0.649. The van der Waals surface area contributed by atoms with E-state index in [0.29, 0.717) is 0 Å². The van der Waals surface area contributed by atoms with Gasteiger partial charge in [-0.3, -0.25) is 19.7 Å². The van der Waals surface area contributed by atoms with Crippen molar-refractivity contribution in [2.75, 3.05) is 10.6 Å². The summed E-state index contributed by atoms with van der Waals surface area (Å²) in [6.45, 7) is 3.28. The maximum absolute atomic E-state index is 11.3. The van der Waals surface area contributed by atoms with Gasteiger partial charge >= 0.3 is 5.69 Å². The fourth-order valence-electron chi connectivity index (χ4n) is 1.21. The van der Waals surface area contributed by atoms with Crippen LogP contribution in [0.15, 0.2) is 12.1 Å². The number of amides is 2. The summed E-state index contributed by atoms with van der Waals surface area (Å²) in [7, 11) is 0. The molecule has 0 fully saturated rings. The molecule has 0 atom stereocenters. The lowest BCUT2D eigenvalue weighted by Gasteiger charge is -2.07. The van der Waals surface area contributed by atoms with Crippen LogP contribution >= 0.6 is 0 Å². The highest BCUT2D eigenvalue weighted by atomic mass is 16.6. The Labute approximate surface area is 109 Å². The Bertz CT molecular complexity index is 515. The van der Waals surface area contributed by atoms with Crippen LogP contribution in [0.1, 0.15) is 26.7 Å². The first-order valence-electron chi connectivity index (χ1n) is 5.73. The Balaban J connectivity index is 3.07. The van der Waals surface area contributed by atoms with E-state index >= 15 is 0 Å². The van der Waals surface area contributed by atoms with Gasteiger partial charge in [0.15, 0.2) is 0 Å². The normalized spacial score (nSPS) is 9.79. The van der Waals surface area contributed by atoms with Crippen LogP contribution in [0.4, 0.5) is 17.3 Å². The van der Waals surface area contributed by atoms with Crippen LogP contribution in [0.3, 0.4) is 0 Å². The van der Waals surface area contributed by atoms with Crippen LogP contribution in [0.2, 0.25) is 0 Å². The van der Waals surface area contributed by atoms with E-state index < -0.39 is 10.8 Å². The van der Waals surface area contributed by atoms with E-state index in [9.17, 15) is 19.7 Å². The fourth-order valence-corrected chi connectivity index (χ4v) is 1.21. The predicted molar refractivity (Wildman–Crippen MR) is 68.7 cm³/mol. The van der Waals surface area contributed by atoms with Gasteiger partial charge in [0.25, 0.3) is 0 Å². The number of nitro groups is 1. The molecule has 0 bridgehead atoms. The van der Waals surface area contributed by atoms with Gasteiger partial charge in [0.2, 0.25) is 17.6 Å². The molecule has 1 aromatic rings. The van der Waals surface area contributed by atoms with Gasteiger partial charge in [-0.2, -0.15) is 0 Å². The maximum atomic E-state index is 11.3. The molecule has 0 saturated heterocycles. The molecule has 0 unspecified atom stereocenters. The third kappa shape index (κ3) is 4.02. The molecule has 1 heterocycles. The first-order chi connectivity index (χ1) is 8.97. The number of carbonyl (C=O) groups is 2. The van der Waals surface area contributed by atoms with E-state index in [2.05, 4.69) is 15.6 Å². The Hall–Kier alpha value is -2.51. The fraction of sp³-hybridized carbons (Fsp3) is 0.364. The molecule has 2 N–H and O–H groups in total. The molecular formula is C11H14N4O4. The lowest BCUT2D eigenvalue weighted by Crippen LogP contribution is -2.15. The summed E-state index contributed by atoms with van der Waals surface area (Å²) in [4.78, 5) is 36.5. The minimum absolute atomic E-state index is 0.156. The number of pyridine rings is 1. The van der Waals surface area contributed by atoms with Gasteiger partial charge in [-0.15, -0.1) is 0 Å². The van der Waals surface area contributed by atoms with Gasteiger partial charge in [-0.1, -0.05) is 13.8 Å². The Kier molecular flexibility index (Phi) is 4.92. The smallest absolute Gasteiger partial charge is 0.311 e. The standard InChI is InChI=1S/C11H14N4O4/c1-3-9(16)12-8-6-5-7(15(18)19)11(13-8)14-10(17)4-2/h5-6H,3-4H2,1-2H3,(H2,12,13,14,16,17). The molecule has 0 aliphatic carbocycles. The van der Waals surface area contributed by atoms with Crippen molar-refractivity contribution in [2.45, 2.75) is 26.7 Å². The van der Waals surface area contributed by atoms with Crippen LogP contribution in [0, 0.1) is 10.1 Å². The van der Waals surface area contributed by atoms with Gasteiger partial charge in [0.1, 0.15) is 5.82 Å². The predicted octanol–water partition coefficient (Wildman–Crippen LogP) is 1.69. The highest BCUT2D eigenvalue weighted by molar-refractivity contribution is 5.93. The zero-order valence-electron chi connectivity index (χ0n) is 10.6. The van der Waals surface area contributed by atoms with Crippen molar-refractivity contribution in [2.24, 2.45) is 0 Å². The van der Waals surface area contributed by atoms with Gasteiger partial charge in [0.05, 0.1) is 4.92 Å². The summed E-state index contributed by atoms with van der Waals surface area (Å²) in [5.41, 5.74) is -0.323. The molecule has 0 aromatic carbocycles. The van der Waals surface area contributed by atoms with E-state index in [1.807, 2.05) is 0 Å². The van der Waals surface area contributed by atoms with E-state index in [-0.39, 0.29) is 36.1 Å². The molecule has 102 valence electrons. The molecule has 19 heavy (non-hydrogen) atoms. The first-order valence-corrected chi connectivity index (χ1v) is 5.73. The van der Waals surface area contributed by atoms with Gasteiger partial charge < -0.3 is 10.6 Å². The third-order valence-electron chi connectivity index (χ3n) is 2.24. The van der Waals surface area contributed by atoms with Crippen LogP contribution in [0.5, 0.6) is 0 Å². The number of carbonyl (C=O) groups excluding carboxylic acids is 2. The number of hydrogen-bond donors (Lipinski definition) is 2. The largest absolute Gasteiger partial charge is 0.311 e. The van der Waals surface area contributed by atoms with Crippen molar-refractivity contribution in [3.63, 3.8) is 0 Å². The quantitative estimate of drug-likeness (QED) is 0.621. The zero-order chi connectivity index (χ0) is 14.4. The number of aromatic nitrogens is 1. The number of nitrogens with zero attached hydrogens (tertiary/aromatic N) is 2. The van der Waals surface area contributed by atoms with E-state index in [1.54, 1.807) is 13.8 Å². The molecule has 1 aromatic heterocycles. The number of anilines is 2. The average Bonchev–Trinajstić information content (AvgIpc) is 2.38. The van der Waals surface area contributed by atoms with Crippen molar-refractivity contribution in [1.82, 2.24) is 4.98 Å². The monoisotopic (exact) mass is 266 g/mol. The molecule has 0 radical (unpaired) electrons. The van der Waals surface area contributed by atoms with E-state index in [4.69, 9.17) is 0 Å². The van der Waals surface area contributed by atoms with Crippen molar-refractivity contribution in [3.05, 3.63) is 22.2 Å². The van der Waals surface area contributed by atoms with Gasteiger partial charge in [-0.05, 0) is 6.07 Å². The first kappa shape index (κ1) is 14.6. The molecular weight excluding hydrogens is 252 g/mol. The third-order valence-corrected chi connectivity index (χ3v) is 2.24. The van der Waals surface area contributed by atoms with Gasteiger partial charge in [0, 0.05) is 18.9 Å². The second-order valence-electron chi connectivity index (χ2n) is 3.62. The van der Waals surface area contributed by atoms with Gasteiger partial charge in [-0.25, -0.2) is 4.98 Å². The summed E-state index contributed by atoms with van der Waals surface area (Å²) >= 11 is 0. The Morgan fingerprint density at radius 2 is 1.79 bits per heavy atom. The number of hydrogen-bond acceptors (Lipinski definition) is 5. The zero-order valence-corrected chi connectivity index (χ0v) is 10.6. The summed E-state index contributed by atoms with van der Waals surface area (Å²) in [5.74, 6) is -0.682. The maximum Gasteiger partial charge on any atom is 0.311 e. The molecule has 0 spiro atoms. The topological polar surface area (TPSA) is 114 Å². The number of rotatable bonds is 5. The van der Waals surface area contributed by atoms with Crippen LogP contribution in [0.25, 0.3) is 0 Å². The Morgan fingerprint density at radius 1 is 1.21 bits per heavy atom. The van der Waals surface area contributed by atoms with E-state index in [1.165, 1.54) is 12.1 Å². The highest BCUT2D eigenvalue weighted by Gasteiger charge is 2.18. The molecule has 1 rings (SSSR count). The summed E-state index contributed by atoms with van der Waals surface area (Å²) in [5, 5.41) is 15.6. The minimum Gasteiger partial charge on any atom is -0.311 e. The van der Waals surface area contributed by atoms with Crippen molar-refractivity contribution in [3.8, 4) is 0 Å². The molecule has 8 nitrogen and oxygen atoms in total. The molecule has 0 aliphatic heterocycles. The second-order valence-corrected chi connectivity index (χ2v) is 3.62. The van der Waals surface area contributed by atoms with E-state index in [0.717, 1.165) is 0 Å².